The van der Waals surface area contributed by atoms with Crippen molar-refractivity contribution < 1.29 is 4.74 Å². The number of ether oxygens (including phenoxy) is 1. The summed E-state index contributed by atoms with van der Waals surface area (Å²) in [5.74, 6) is 1.45. The van der Waals surface area contributed by atoms with Gasteiger partial charge in [0, 0.05) is 51.1 Å². The van der Waals surface area contributed by atoms with Crippen molar-refractivity contribution in [2.75, 3.05) is 38.2 Å². The van der Waals surface area contributed by atoms with E-state index in [1.165, 1.54) is 0 Å². The second-order valence-corrected chi connectivity index (χ2v) is 6.93. The van der Waals surface area contributed by atoms with E-state index in [1.807, 2.05) is 6.07 Å². The molecule has 2 heterocycles. The number of anilines is 1. The van der Waals surface area contributed by atoms with E-state index < -0.39 is 0 Å². The molecule has 146 valence electrons. The van der Waals surface area contributed by atoms with E-state index in [2.05, 4.69) is 33.6 Å². The Bertz CT molecular complexity index is 587. The highest BCUT2D eigenvalue weighted by Crippen LogP contribution is 2.50. The largest absolute Gasteiger partial charge is 0.381 e. The van der Waals surface area contributed by atoms with Crippen molar-refractivity contribution in [1.29, 1.82) is 0 Å². The van der Waals surface area contributed by atoms with Crippen molar-refractivity contribution in [3.05, 3.63) is 18.5 Å². The van der Waals surface area contributed by atoms with Gasteiger partial charge in [-0.05, 0) is 25.3 Å². The Kier molecular flexibility index (Phi) is 7.45. The molecule has 0 amide bonds. The van der Waals surface area contributed by atoms with Crippen molar-refractivity contribution in [2.24, 2.45) is 16.1 Å². The molecule has 2 atom stereocenters. The SMILES string of the molecule is CCC1(CC)C(N=C(N)N2CCN(c3ncccn3)CC2)CC1OC.I. The first kappa shape index (κ1) is 21.1. The van der Waals surface area contributed by atoms with Crippen LogP contribution in [-0.4, -0.2) is 66.3 Å². The van der Waals surface area contributed by atoms with Gasteiger partial charge in [0.2, 0.25) is 5.95 Å². The summed E-state index contributed by atoms with van der Waals surface area (Å²) in [5.41, 5.74) is 6.48. The van der Waals surface area contributed by atoms with E-state index >= 15 is 0 Å². The summed E-state index contributed by atoms with van der Waals surface area (Å²) in [6, 6.07) is 2.10. The Morgan fingerprint density at radius 2 is 1.85 bits per heavy atom. The molecular formula is C18H31IN6O. The summed E-state index contributed by atoms with van der Waals surface area (Å²) in [6.07, 6.45) is 6.98. The van der Waals surface area contributed by atoms with Crippen LogP contribution in [0.15, 0.2) is 23.5 Å². The quantitative estimate of drug-likeness (QED) is 0.400. The molecule has 2 unspecified atom stereocenters. The van der Waals surface area contributed by atoms with Crippen LogP contribution in [-0.2, 0) is 4.74 Å². The van der Waals surface area contributed by atoms with E-state index in [0.717, 1.165) is 51.4 Å². The van der Waals surface area contributed by atoms with E-state index in [-0.39, 0.29) is 35.4 Å². The lowest BCUT2D eigenvalue weighted by atomic mass is 9.59. The van der Waals surface area contributed by atoms with E-state index in [1.54, 1.807) is 19.5 Å². The predicted molar refractivity (Wildman–Crippen MR) is 115 cm³/mol. The van der Waals surface area contributed by atoms with Gasteiger partial charge in [0.25, 0.3) is 0 Å². The van der Waals surface area contributed by atoms with Gasteiger partial charge in [0.05, 0.1) is 12.1 Å². The Morgan fingerprint density at radius 3 is 2.38 bits per heavy atom. The maximum atomic E-state index is 6.35. The van der Waals surface area contributed by atoms with Crippen molar-refractivity contribution >= 4 is 35.9 Å². The molecule has 1 saturated heterocycles. The number of piperazine rings is 1. The summed E-state index contributed by atoms with van der Waals surface area (Å²) in [5, 5.41) is 0. The summed E-state index contributed by atoms with van der Waals surface area (Å²) in [4.78, 5) is 17.9. The van der Waals surface area contributed by atoms with Gasteiger partial charge >= 0.3 is 0 Å². The van der Waals surface area contributed by atoms with Crippen LogP contribution < -0.4 is 10.6 Å². The molecule has 1 saturated carbocycles. The number of aliphatic imine (C=N–C) groups is 1. The molecule has 8 heteroatoms. The molecule has 26 heavy (non-hydrogen) atoms. The molecule has 0 spiro atoms. The second-order valence-electron chi connectivity index (χ2n) is 6.93. The highest BCUT2D eigenvalue weighted by Gasteiger charge is 2.53. The lowest BCUT2D eigenvalue weighted by Crippen LogP contribution is -2.58. The number of guanidine groups is 1. The summed E-state index contributed by atoms with van der Waals surface area (Å²) in [7, 11) is 1.80. The number of nitrogens with zero attached hydrogens (tertiary/aromatic N) is 5. The lowest BCUT2D eigenvalue weighted by molar-refractivity contribution is -0.112. The monoisotopic (exact) mass is 474 g/mol. The van der Waals surface area contributed by atoms with Crippen LogP contribution in [0.4, 0.5) is 5.95 Å². The molecule has 1 aromatic heterocycles. The molecule has 7 nitrogen and oxygen atoms in total. The number of hydrogen-bond donors (Lipinski definition) is 1. The van der Waals surface area contributed by atoms with Gasteiger partial charge in [-0.1, -0.05) is 13.8 Å². The maximum absolute atomic E-state index is 6.35. The standard InChI is InChI=1S/C18H30N6O.HI/c1-4-18(5-2)14(13-15(18)25-3)22-16(19)23-9-11-24(12-10-23)17-20-7-6-8-21-17;/h6-8,14-15H,4-5,9-13H2,1-3H3,(H2,19,22);1H. The third-order valence-corrected chi connectivity index (χ3v) is 6.07. The second kappa shape index (κ2) is 9.16. The summed E-state index contributed by atoms with van der Waals surface area (Å²) in [6.45, 7) is 7.87. The first-order chi connectivity index (χ1) is 12.1. The molecule has 2 N–H and O–H groups in total. The molecule has 3 rings (SSSR count). The highest BCUT2D eigenvalue weighted by molar-refractivity contribution is 14.0. The number of methoxy groups -OCH3 is 1. The third kappa shape index (κ3) is 3.90. The van der Waals surface area contributed by atoms with Crippen LogP contribution in [0.25, 0.3) is 0 Å². The van der Waals surface area contributed by atoms with Crippen LogP contribution in [0.2, 0.25) is 0 Å². The van der Waals surface area contributed by atoms with Gasteiger partial charge in [0.15, 0.2) is 5.96 Å². The van der Waals surface area contributed by atoms with Gasteiger partial charge in [-0.25, -0.2) is 15.0 Å². The van der Waals surface area contributed by atoms with Gasteiger partial charge < -0.3 is 20.3 Å². The minimum absolute atomic E-state index is 0. The molecule has 0 bridgehead atoms. The van der Waals surface area contributed by atoms with Crippen molar-refractivity contribution in [3.8, 4) is 0 Å². The van der Waals surface area contributed by atoms with E-state index in [0.29, 0.717) is 12.1 Å². The zero-order valence-corrected chi connectivity index (χ0v) is 18.3. The Morgan fingerprint density at radius 1 is 1.23 bits per heavy atom. The van der Waals surface area contributed by atoms with Gasteiger partial charge in [-0.2, -0.15) is 0 Å². The average Bonchev–Trinajstić information content (AvgIpc) is 2.66. The first-order valence-corrected chi connectivity index (χ1v) is 9.27. The van der Waals surface area contributed by atoms with E-state index in [9.17, 15) is 0 Å². The number of rotatable bonds is 5. The Labute approximate surface area is 173 Å². The zero-order valence-electron chi connectivity index (χ0n) is 16.0. The molecule has 0 aromatic carbocycles. The Balaban J connectivity index is 0.00000243. The molecular weight excluding hydrogens is 443 g/mol. The van der Waals surface area contributed by atoms with Gasteiger partial charge in [-0.3, -0.25) is 0 Å². The average molecular weight is 474 g/mol. The number of nitrogens with two attached hydrogens (primary N) is 1. The number of halogens is 1. The van der Waals surface area contributed by atoms with Crippen LogP contribution in [0.1, 0.15) is 33.1 Å². The van der Waals surface area contributed by atoms with Crippen molar-refractivity contribution in [3.63, 3.8) is 0 Å². The fourth-order valence-corrected chi connectivity index (χ4v) is 4.25. The lowest BCUT2D eigenvalue weighted by Gasteiger charge is -2.53. The topological polar surface area (TPSA) is 79.9 Å². The van der Waals surface area contributed by atoms with Crippen LogP contribution in [0.5, 0.6) is 0 Å². The van der Waals surface area contributed by atoms with Crippen molar-refractivity contribution in [2.45, 2.75) is 45.3 Å². The molecule has 1 aliphatic carbocycles. The van der Waals surface area contributed by atoms with Crippen LogP contribution in [0, 0.1) is 5.41 Å². The highest BCUT2D eigenvalue weighted by atomic mass is 127. The smallest absolute Gasteiger partial charge is 0.225 e. The normalized spacial score (nSPS) is 25.4. The number of hydrogen-bond acceptors (Lipinski definition) is 5. The van der Waals surface area contributed by atoms with Crippen LogP contribution >= 0.6 is 24.0 Å². The summed E-state index contributed by atoms with van der Waals surface area (Å²) >= 11 is 0. The molecule has 1 aliphatic heterocycles. The minimum Gasteiger partial charge on any atom is -0.381 e. The fraction of sp³-hybridized carbons (Fsp3) is 0.722. The molecule has 2 fully saturated rings. The molecule has 1 aromatic rings. The minimum atomic E-state index is 0. The Hall–Kier alpha value is -1.16. The first-order valence-electron chi connectivity index (χ1n) is 9.27. The van der Waals surface area contributed by atoms with E-state index in [4.69, 9.17) is 15.5 Å². The zero-order chi connectivity index (χ0) is 17.9. The van der Waals surface area contributed by atoms with Crippen LogP contribution in [0.3, 0.4) is 0 Å². The number of aromatic nitrogens is 2. The van der Waals surface area contributed by atoms with Gasteiger partial charge in [0.1, 0.15) is 0 Å². The van der Waals surface area contributed by atoms with Gasteiger partial charge in [-0.15, -0.1) is 24.0 Å². The fourth-order valence-electron chi connectivity index (χ4n) is 4.25. The molecule has 0 radical (unpaired) electrons. The molecule has 2 aliphatic rings. The predicted octanol–water partition coefficient (Wildman–Crippen LogP) is 2.13. The summed E-state index contributed by atoms with van der Waals surface area (Å²) < 4.78 is 5.66. The van der Waals surface area contributed by atoms with Crippen molar-refractivity contribution in [1.82, 2.24) is 14.9 Å². The third-order valence-electron chi connectivity index (χ3n) is 6.07. The maximum Gasteiger partial charge on any atom is 0.225 e.